The Labute approximate surface area is 183 Å². The van der Waals surface area contributed by atoms with E-state index in [1.165, 1.54) is 0 Å². The largest absolute Gasteiger partial charge is 0.507 e. The minimum absolute atomic E-state index is 0.0121. The first-order valence-corrected chi connectivity index (χ1v) is 11.0. The highest BCUT2D eigenvalue weighted by Crippen LogP contribution is 2.43. The van der Waals surface area contributed by atoms with Crippen molar-refractivity contribution in [2.45, 2.75) is 58.5 Å². The van der Waals surface area contributed by atoms with Gasteiger partial charge in [-0.3, -0.25) is 9.59 Å². The van der Waals surface area contributed by atoms with E-state index in [0.717, 1.165) is 48.1 Å². The van der Waals surface area contributed by atoms with Crippen molar-refractivity contribution in [3.63, 3.8) is 0 Å². The number of hydrogen-bond acceptors (Lipinski definition) is 4. The summed E-state index contributed by atoms with van der Waals surface area (Å²) in [6, 6.07) is 12.5. The monoisotopic (exact) mass is 419 g/mol. The molecular formula is C26H29NO4. The molecule has 0 aromatic heterocycles. The van der Waals surface area contributed by atoms with Crippen LogP contribution in [0.2, 0.25) is 0 Å². The molecule has 5 heteroatoms. The Morgan fingerprint density at radius 1 is 1.03 bits per heavy atom. The van der Waals surface area contributed by atoms with E-state index in [1.54, 1.807) is 11.0 Å². The van der Waals surface area contributed by atoms with Gasteiger partial charge in [0.05, 0.1) is 18.2 Å². The molecule has 1 heterocycles. The molecule has 1 saturated carbocycles. The van der Waals surface area contributed by atoms with Gasteiger partial charge in [-0.1, -0.05) is 37.1 Å². The molecule has 31 heavy (non-hydrogen) atoms. The molecule has 2 aliphatic rings. The Morgan fingerprint density at radius 2 is 1.71 bits per heavy atom. The first-order valence-electron chi connectivity index (χ1n) is 11.0. The molecule has 1 amide bonds. The molecule has 2 aromatic carbocycles. The van der Waals surface area contributed by atoms with Gasteiger partial charge in [-0.15, -0.1) is 0 Å². The molecule has 0 spiro atoms. The van der Waals surface area contributed by atoms with E-state index in [9.17, 15) is 14.7 Å². The molecule has 1 aliphatic heterocycles. The molecular weight excluding hydrogens is 390 g/mol. The zero-order valence-corrected chi connectivity index (χ0v) is 18.4. The maximum Gasteiger partial charge on any atom is 0.295 e. The highest BCUT2D eigenvalue weighted by atomic mass is 16.5. The Hall–Kier alpha value is -3.08. The van der Waals surface area contributed by atoms with E-state index in [-0.39, 0.29) is 17.4 Å². The molecule has 5 nitrogen and oxygen atoms in total. The number of ketones is 1. The molecule has 4 rings (SSSR count). The van der Waals surface area contributed by atoms with Crippen LogP contribution in [0.3, 0.4) is 0 Å². The van der Waals surface area contributed by atoms with E-state index in [4.69, 9.17) is 4.74 Å². The van der Waals surface area contributed by atoms with Gasteiger partial charge in [-0.05, 0) is 68.5 Å². The second kappa shape index (κ2) is 8.58. The number of carbonyl (C=O) groups excluding carboxylic acids is 2. The number of aliphatic hydroxyl groups excluding tert-OH is 1. The maximum absolute atomic E-state index is 13.2. The fourth-order valence-electron chi connectivity index (χ4n) is 4.69. The van der Waals surface area contributed by atoms with Crippen LogP contribution in [-0.2, 0) is 9.59 Å². The summed E-state index contributed by atoms with van der Waals surface area (Å²) in [5, 5.41) is 11.2. The van der Waals surface area contributed by atoms with E-state index in [1.807, 2.05) is 57.2 Å². The second-order valence-corrected chi connectivity index (χ2v) is 8.45. The van der Waals surface area contributed by atoms with Crippen molar-refractivity contribution in [2.24, 2.45) is 0 Å². The summed E-state index contributed by atoms with van der Waals surface area (Å²) in [5.74, 6) is -0.503. The van der Waals surface area contributed by atoms with E-state index in [0.29, 0.717) is 12.2 Å². The lowest BCUT2D eigenvalue weighted by Crippen LogP contribution is -2.37. The normalized spacial score (nSPS) is 21.1. The van der Waals surface area contributed by atoms with Crippen LogP contribution >= 0.6 is 0 Å². The first kappa shape index (κ1) is 21.2. The summed E-state index contributed by atoms with van der Waals surface area (Å²) in [5.41, 5.74) is 3.66. The van der Waals surface area contributed by atoms with Crippen LogP contribution in [-0.4, -0.2) is 34.3 Å². The molecule has 2 fully saturated rings. The third kappa shape index (κ3) is 3.85. The Balaban J connectivity index is 1.85. The number of likely N-dealkylation sites (tertiary alicyclic amines) is 1. The predicted octanol–water partition coefficient (Wildman–Crippen LogP) is 5.07. The van der Waals surface area contributed by atoms with E-state index >= 15 is 0 Å². The molecule has 0 radical (unpaired) electrons. The van der Waals surface area contributed by atoms with Gasteiger partial charge in [0.15, 0.2) is 0 Å². The number of aryl methyl sites for hydroxylation is 2. The quantitative estimate of drug-likeness (QED) is 0.418. The van der Waals surface area contributed by atoms with Gasteiger partial charge in [0.2, 0.25) is 0 Å². The predicted molar refractivity (Wildman–Crippen MR) is 120 cm³/mol. The zero-order chi connectivity index (χ0) is 22.1. The van der Waals surface area contributed by atoms with E-state index < -0.39 is 17.7 Å². The van der Waals surface area contributed by atoms with Gasteiger partial charge < -0.3 is 14.7 Å². The van der Waals surface area contributed by atoms with Crippen LogP contribution in [0.1, 0.15) is 60.9 Å². The Bertz CT molecular complexity index is 1030. The third-order valence-corrected chi connectivity index (χ3v) is 6.49. The zero-order valence-electron chi connectivity index (χ0n) is 18.4. The van der Waals surface area contributed by atoms with Crippen LogP contribution in [0.25, 0.3) is 5.76 Å². The fraction of sp³-hybridized carbons (Fsp3) is 0.385. The molecule has 1 N–H and O–H groups in total. The molecule has 1 atom stereocenters. The van der Waals surface area contributed by atoms with E-state index in [2.05, 4.69) is 0 Å². The van der Waals surface area contributed by atoms with Crippen LogP contribution in [0.5, 0.6) is 5.75 Å². The average molecular weight is 420 g/mol. The first-order chi connectivity index (χ1) is 14.9. The highest BCUT2D eigenvalue weighted by molar-refractivity contribution is 6.46. The topological polar surface area (TPSA) is 66.8 Å². The number of nitrogens with zero attached hydrogens (tertiary/aromatic N) is 1. The summed E-state index contributed by atoms with van der Waals surface area (Å²) in [4.78, 5) is 28.0. The summed E-state index contributed by atoms with van der Waals surface area (Å²) < 4.78 is 5.55. The minimum Gasteiger partial charge on any atom is -0.507 e. The van der Waals surface area contributed by atoms with Crippen molar-refractivity contribution in [2.75, 3.05) is 6.61 Å². The van der Waals surface area contributed by atoms with Gasteiger partial charge in [-0.2, -0.15) is 0 Å². The Morgan fingerprint density at radius 3 is 2.32 bits per heavy atom. The van der Waals surface area contributed by atoms with Crippen molar-refractivity contribution in [1.82, 2.24) is 4.90 Å². The van der Waals surface area contributed by atoms with Crippen LogP contribution in [0, 0.1) is 13.8 Å². The van der Waals surface area contributed by atoms with Gasteiger partial charge in [-0.25, -0.2) is 0 Å². The Kier molecular flexibility index (Phi) is 5.86. The standard InChI is InChI=1S/C26H29NO4/c1-4-31-21-13-11-18(12-14-21)23-22(24(28)19-10-9-16(2)17(3)15-19)25(29)26(30)27(23)20-7-5-6-8-20/h9-15,20,23,28H,4-8H2,1-3H3/b24-22-. The molecule has 162 valence electrons. The number of hydrogen-bond donors (Lipinski definition) is 1. The molecule has 0 bridgehead atoms. The average Bonchev–Trinajstić information content (AvgIpc) is 3.37. The summed E-state index contributed by atoms with van der Waals surface area (Å²) in [6.45, 7) is 6.45. The summed E-state index contributed by atoms with van der Waals surface area (Å²) in [6.07, 6.45) is 3.84. The number of benzene rings is 2. The van der Waals surface area contributed by atoms with Gasteiger partial charge in [0, 0.05) is 11.6 Å². The van der Waals surface area contributed by atoms with Crippen LogP contribution in [0.4, 0.5) is 0 Å². The smallest absolute Gasteiger partial charge is 0.295 e. The van der Waals surface area contributed by atoms with Crippen molar-refractivity contribution in [3.05, 3.63) is 70.3 Å². The second-order valence-electron chi connectivity index (χ2n) is 8.45. The number of Topliss-reactive ketones (excluding diaryl/α,β-unsaturated/α-hetero) is 1. The summed E-state index contributed by atoms with van der Waals surface area (Å²) in [7, 11) is 0. The SMILES string of the molecule is CCOc1ccc(C2/C(=C(/O)c3ccc(C)c(C)c3)C(=O)C(=O)N2C2CCCC2)cc1. The number of rotatable bonds is 5. The van der Waals surface area contributed by atoms with Gasteiger partial charge in [0.1, 0.15) is 11.5 Å². The maximum atomic E-state index is 13.2. The number of aliphatic hydroxyl groups is 1. The molecule has 2 aromatic rings. The van der Waals surface area contributed by atoms with Crippen molar-refractivity contribution < 1.29 is 19.4 Å². The lowest BCUT2D eigenvalue weighted by molar-refractivity contribution is -0.141. The van der Waals surface area contributed by atoms with Crippen molar-refractivity contribution >= 4 is 17.4 Å². The number of amides is 1. The molecule has 1 aliphatic carbocycles. The van der Waals surface area contributed by atoms with Crippen molar-refractivity contribution in [1.29, 1.82) is 0 Å². The lowest BCUT2D eigenvalue weighted by Gasteiger charge is -2.30. The van der Waals surface area contributed by atoms with Crippen LogP contribution < -0.4 is 4.74 Å². The number of carbonyl (C=O) groups is 2. The molecule has 1 unspecified atom stereocenters. The fourth-order valence-corrected chi connectivity index (χ4v) is 4.69. The van der Waals surface area contributed by atoms with Crippen molar-refractivity contribution in [3.8, 4) is 5.75 Å². The third-order valence-electron chi connectivity index (χ3n) is 6.49. The van der Waals surface area contributed by atoms with Gasteiger partial charge in [0.25, 0.3) is 11.7 Å². The van der Waals surface area contributed by atoms with Gasteiger partial charge >= 0.3 is 0 Å². The highest BCUT2D eigenvalue weighted by Gasteiger charge is 2.49. The lowest BCUT2D eigenvalue weighted by atomic mass is 9.93. The molecule has 1 saturated heterocycles. The minimum atomic E-state index is -0.610. The van der Waals surface area contributed by atoms with Crippen LogP contribution in [0.15, 0.2) is 48.0 Å². The number of ether oxygens (including phenoxy) is 1. The summed E-state index contributed by atoms with van der Waals surface area (Å²) >= 11 is 0.